The van der Waals surface area contributed by atoms with E-state index in [1.807, 2.05) is 0 Å². The van der Waals surface area contributed by atoms with Gasteiger partial charge in [-0.1, -0.05) is 376 Å². The summed E-state index contributed by atoms with van der Waals surface area (Å²) in [6, 6.07) is 0. The van der Waals surface area contributed by atoms with E-state index < -0.39 is 97.5 Å². The molecule has 17 nitrogen and oxygen atoms in total. The van der Waals surface area contributed by atoms with Gasteiger partial charge in [-0.25, -0.2) is 9.13 Å². The number of hydrogen-bond acceptors (Lipinski definition) is 15. The van der Waals surface area contributed by atoms with Crippen LogP contribution in [0.1, 0.15) is 428 Å². The van der Waals surface area contributed by atoms with E-state index in [1.165, 1.54) is 225 Å². The molecule has 102 heavy (non-hydrogen) atoms. The van der Waals surface area contributed by atoms with Crippen molar-refractivity contribution < 1.29 is 80.2 Å². The number of carbonyl (C=O) groups is 4. The molecule has 19 heteroatoms. The molecule has 0 aromatic heterocycles. The molecule has 0 rings (SSSR count). The van der Waals surface area contributed by atoms with Crippen molar-refractivity contribution in [1.29, 1.82) is 0 Å². The largest absolute Gasteiger partial charge is 0.472 e. The molecule has 0 spiro atoms. The Morgan fingerprint density at radius 2 is 0.471 bits per heavy atom. The summed E-state index contributed by atoms with van der Waals surface area (Å²) in [5, 5.41) is 10.6. The van der Waals surface area contributed by atoms with Gasteiger partial charge in [0.2, 0.25) is 0 Å². The van der Waals surface area contributed by atoms with Crippen molar-refractivity contribution >= 4 is 39.5 Å². The molecule has 0 aliphatic heterocycles. The van der Waals surface area contributed by atoms with Crippen molar-refractivity contribution in [3.63, 3.8) is 0 Å². The number of aliphatic hydroxyl groups excluding tert-OH is 1. The molecular formula is C83H162O17P2. The van der Waals surface area contributed by atoms with Crippen LogP contribution in [0.3, 0.4) is 0 Å². The van der Waals surface area contributed by atoms with Crippen LogP contribution in [0.5, 0.6) is 0 Å². The first-order chi connectivity index (χ1) is 49.1. The Hall–Kier alpha value is -1.94. The van der Waals surface area contributed by atoms with Gasteiger partial charge in [-0.2, -0.15) is 0 Å². The SMILES string of the molecule is CCC(C)CCCCCCCCCCCCCCCCC(=O)O[C@H](COC(=O)CCCCCCCCC(C)C)COP(=O)(O)OC[C@H](O)COP(=O)(O)OC[C@@H](COC(=O)CCCCCCCCCCCCCC(C)C)OC(=O)CCCCCCCCCCCCCCCCCCCCC(C)C. The van der Waals surface area contributed by atoms with E-state index in [0.29, 0.717) is 31.6 Å². The van der Waals surface area contributed by atoms with Crippen LogP contribution in [0.25, 0.3) is 0 Å². The molecule has 0 saturated carbocycles. The van der Waals surface area contributed by atoms with Gasteiger partial charge in [0.05, 0.1) is 26.4 Å². The summed E-state index contributed by atoms with van der Waals surface area (Å²) in [4.78, 5) is 73.0. The Labute approximate surface area is 626 Å². The average molecular weight is 1490 g/mol. The number of unbranched alkanes of at least 4 members (excludes halogenated alkanes) is 45. The molecule has 0 saturated heterocycles. The molecule has 3 N–H and O–H groups in total. The minimum Gasteiger partial charge on any atom is -0.462 e. The van der Waals surface area contributed by atoms with E-state index in [1.54, 1.807) is 0 Å². The molecule has 0 heterocycles. The third-order valence-corrected chi connectivity index (χ3v) is 21.6. The van der Waals surface area contributed by atoms with Crippen LogP contribution in [0.15, 0.2) is 0 Å². The summed E-state index contributed by atoms with van der Waals surface area (Å²) < 4.78 is 68.7. The highest BCUT2D eigenvalue weighted by Crippen LogP contribution is 2.45. The van der Waals surface area contributed by atoms with E-state index in [9.17, 15) is 43.2 Å². The van der Waals surface area contributed by atoms with Crippen LogP contribution in [-0.4, -0.2) is 96.7 Å². The Kier molecular flexibility index (Phi) is 70.6. The van der Waals surface area contributed by atoms with Crippen LogP contribution >= 0.6 is 15.6 Å². The molecule has 0 amide bonds. The van der Waals surface area contributed by atoms with Crippen LogP contribution in [0.2, 0.25) is 0 Å². The van der Waals surface area contributed by atoms with Gasteiger partial charge in [0.1, 0.15) is 19.3 Å². The normalized spacial score (nSPS) is 14.3. The topological polar surface area (TPSA) is 237 Å². The fourth-order valence-electron chi connectivity index (χ4n) is 12.8. The second-order valence-electron chi connectivity index (χ2n) is 31.5. The predicted molar refractivity (Wildman–Crippen MR) is 418 cm³/mol. The third-order valence-electron chi connectivity index (χ3n) is 19.7. The molecule has 0 bridgehead atoms. The van der Waals surface area contributed by atoms with Gasteiger partial charge < -0.3 is 33.8 Å². The molecule has 0 aliphatic carbocycles. The van der Waals surface area contributed by atoms with E-state index in [4.69, 9.17) is 37.0 Å². The number of carbonyl (C=O) groups excluding carboxylic acids is 4. The molecule has 0 radical (unpaired) electrons. The zero-order valence-electron chi connectivity index (χ0n) is 67.2. The first kappa shape index (κ1) is 100. The summed E-state index contributed by atoms with van der Waals surface area (Å²) in [5.74, 6) is 1.00. The predicted octanol–water partition coefficient (Wildman–Crippen LogP) is 24.8. The Morgan fingerprint density at radius 3 is 0.696 bits per heavy atom. The maximum atomic E-state index is 13.1. The van der Waals surface area contributed by atoms with E-state index in [-0.39, 0.29) is 25.7 Å². The van der Waals surface area contributed by atoms with Crippen molar-refractivity contribution in [2.24, 2.45) is 23.7 Å². The van der Waals surface area contributed by atoms with Crippen LogP contribution in [0.4, 0.5) is 0 Å². The summed E-state index contributed by atoms with van der Waals surface area (Å²) in [7, 11) is -9.92. The van der Waals surface area contributed by atoms with Gasteiger partial charge in [0.25, 0.3) is 0 Å². The molecule has 3 unspecified atom stereocenters. The Balaban J connectivity index is 5.20. The minimum atomic E-state index is -4.96. The van der Waals surface area contributed by atoms with E-state index in [0.717, 1.165) is 114 Å². The molecular weight excluding hydrogens is 1330 g/mol. The number of phosphoric acid groups is 2. The van der Waals surface area contributed by atoms with Gasteiger partial charge >= 0.3 is 39.5 Å². The lowest BCUT2D eigenvalue weighted by Crippen LogP contribution is -2.30. The maximum absolute atomic E-state index is 13.1. The van der Waals surface area contributed by atoms with Crippen molar-refractivity contribution in [3.8, 4) is 0 Å². The lowest BCUT2D eigenvalue weighted by atomic mass is 9.99. The quantitative estimate of drug-likeness (QED) is 0.0222. The highest BCUT2D eigenvalue weighted by atomic mass is 31.2. The van der Waals surface area contributed by atoms with Gasteiger partial charge in [0.15, 0.2) is 12.2 Å². The number of phosphoric ester groups is 2. The second kappa shape index (κ2) is 72.0. The highest BCUT2D eigenvalue weighted by Gasteiger charge is 2.30. The summed E-state index contributed by atoms with van der Waals surface area (Å²) in [6.07, 6.45) is 59.8. The van der Waals surface area contributed by atoms with Crippen LogP contribution in [-0.2, 0) is 65.4 Å². The van der Waals surface area contributed by atoms with Gasteiger partial charge in [-0.3, -0.25) is 37.3 Å². The van der Waals surface area contributed by atoms with Crippen molar-refractivity contribution in [3.05, 3.63) is 0 Å². The lowest BCUT2D eigenvalue weighted by molar-refractivity contribution is -0.161. The second-order valence-corrected chi connectivity index (χ2v) is 34.4. The minimum absolute atomic E-state index is 0.106. The molecule has 0 aromatic rings. The zero-order chi connectivity index (χ0) is 75.3. The number of aliphatic hydroxyl groups is 1. The first-order valence-corrected chi connectivity index (χ1v) is 45.7. The van der Waals surface area contributed by atoms with Crippen LogP contribution < -0.4 is 0 Å². The molecule has 0 fully saturated rings. The highest BCUT2D eigenvalue weighted by molar-refractivity contribution is 7.47. The van der Waals surface area contributed by atoms with Crippen molar-refractivity contribution in [2.45, 2.75) is 446 Å². The fourth-order valence-corrected chi connectivity index (χ4v) is 14.3. The standard InChI is InChI=1S/C83H162O17P2/c1-9-76(8)62-54-46-37-31-25-19-16-17-21-27-34-40-50-58-66-83(88)100-79(70-94-81(86)64-56-48-42-41-45-53-61-75(6)7)72-98-102(91,92)96-68-77(84)67-95-101(89,90)97-71-78(69-93-80(85)63-55-47-38-32-28-22-24-30-36-44-52-60-74(4)5)99-82(87)65-57-49-39-33-26-20-15-13-11-10-12-14-18-23-29-35-43-51-59-73(2)3/h73-79,84H,9-72H2,1-8H3,(H,89,90)(H,91,92)/t76?,77-,78-,79-/m1/s1. The first-order valence-electron chi connectivity index (χ1n) is 42.7. The van der Waals surface area contributed by atoms with Crippen molar-refractivity contribution in [1.82, 2.24) is 0 Å². The zero-order valence-corrected chi connectivity index (χ0v) is 69.0. The van der Waals surface area contributed by atoms with E-state index >= 15 is 0 Å². The van der Waals surface area contributed by atoms with E-state index in [2.05, 4.69) is 55.4 Å². The van der Waals surface area contributed by atoms with Crippen molar-refractivity contribution in [2.75, 3.05) is 39.6 Å². The van der Waals surface area contributed by atoms with Gasteiger partial charge in [-0.05, 0) is 49.4 Å². The summed E-state index contributed by atoms with van der Waals surface area (Å²) in [5.41, 5.74) is 0. The molecule has 6 atom stereocenters. The van der Waals surface area contributed by atoms with Crippen LogP contribution in [0, 0.1) is 23.7 Å². The number of rotatable bonds is 80. The smallest absolute Gasteiger partial charge is 0.462 e. The summed E-state index contributed by atoms with van der Waals surface area (Å²) in [6.45, 7) is 14.3. The number of esters is 4. The molecule has 606 valence electrons. The fraction of sp³-hybridized carbons (Fsp3) is 0.952. The summed E-state index contributed by atoms with van der Waals surface area (Å²) >= 11 is 0. The van der Waals surface area contributed by atoms with Gasteiger partial charge in [0, 0.05) is 25.7 Å². The number of hydrogen-bond donors (Lipinski definition) is 3. The monoisotopic (exact) mass is 1490 g/mol. The van der Waals surface area contributed by atoms with Gasteiger partial charge in [-0.15, -0.1) is 0 Å². The molecule has 0 aliphatic rings. The Bertz CT molecular complexity index is 1990. The number of ether oxygens (including phenoxy) is 4. The lowest BCUT2D eigenvalue weighted by Gasteiger charge is -2.21. The average Bonchev–Trinajstić information content (AvgIpc) is 0.911. The Morgan fingerprint density at radius 1 is 0.275 bits per heavy atom. The third kappa shape index (κ3) is 74.9. The maximum Gasteiger partial charge on any atom is 0.472 e. The molecule has 0 aromatic carbocycles.